The highest BCUT2D eigenvalue weighted by Crippen LogP contribution is 2.26. The number of nitrogens with zero attached hydrogens (tertiary/aromatic N) is 2. The van der Waals surface area contributed by atoms with Crippen molar-refractivity contribution in [3.8, 4) is 11.8 Å². The molecule has 0 saturated heterocycles. The molecule has 0 aliphatic heterocycles. The van der Waals surface area contributed by atoms with Crippen LogP contribution < -0.4 is 4.74 Å². The van der Waals surface area contributed by atoms with Crippen LogP contribution in [0.15, 0.2) is 53.3 Å². The molecule has 0 bridgehead atoms. The van der Waals surface area contributed by atoms with Crippen molar-refractivity contribution in [3.05, 3.63) is 58.8 Å². The summed E-state index contributed by atoms with van der Waals surface area (Å²) in [5.74, 6) is 0.677. The van der Waals surface area contributed by atoms with Gasteiger partial charge in [0.1, 0.15) is 5.75 Å². The Morgan fingerprint density at radius 1 is 1.00 bits per heavy atom. The van der Waals surface area contributed by atoms with E-state index in [1.54, 1.807) is 12.4 Å². The van der Waals surface area contributed by atoms with Crippen molar-refractivity contribution >= 4 is 26.7 Å². The molecule has 100 valence electrons. The highest BCUT2D eigenvalue weighted by molar-refractivity contribution is 9.10. The summed E-state index contributed by atoms with van der Waals surface area (Å²) < 4.78 is 6.64. The Balaban J connectivity index is 1.88. The van der Waals surface area contributed by atoms with E-state index in [0.29, 0.717) is 11.3 Å². The molecular weight excluding hydrogens is 320 g/mol. The summed E-state index contributed by atoms with van der Waals surface area (Å²) in [5, 5.41) is 11.1. The van der Waals surface area contributed by atoms with Crippen LogP contribution in [0.4, 0.5) is 0 Å². The number of fused-ring (bicyclic) bond motifs is 1. The fourth-order valence-electron chi connectivity index (χ4n) is 1.84. The molecule has 1 heterocycles. The normalized spacial score (nSPS) is 10.7. The highest BCUT2D eigenvalue weighted by atomic mass is 79.9. The Kier molecular flexibility index (Phi) is 3.62. The van der Waals surface area contributed by atoms with Crippen molar-refractivity contribution in [1.82, 2.24) is 9.97 Å². The third-order valence-electron chi connectivity index (χ3n) is 2.85. The summed E-state index contributed by atoms with van der Waals surface area (Å²) in [7, 11) is 0. The SMILES string of the molecule is OCc1cnc(Oc2ccc3cc(Br)ccc3c2)nc1. The molecule has 0 spiro atoms. The lowest BCUT2D eigenvalue weighted by Crippen LogP contribution is -1.93. The third kappa shape index (κ3) is 2.79. The van der Waals surface area contributed by atoms with E-state index in [1.165, 1.54) is 0 Å². The van der Waals surface area contributed by atoms with Crippen molar-refractivity contribution in [1.29, 1.82) is 0 Å². The van der Waals surface area contributed by atoms with Gasteiger partial charge in [-0.1, -0.05) is 28.1 Å². The summed E-state index contributed by atoms with van der Waals surface area (Å²) in [6.07, 6.45) is 3.08. The smallest absolute Gasteiger partial charge is 0.321 e. The van der Waals surface area contributed by atoms with Crippen molar-refractivity contribution in [2.45, 2.75) is 6.61 Å². The molecule has 3 aromatic rings. The number of ether oxygens (including phenoxy) is 1. The van der Waals surface area contributed by atoms with E-state index in [-0.39, 0.29) is 12.6 Å². The van der Waals surface area contributed by atoms with Gasteiger partial charge in [0.15, 0.2) is 0 Å². The van der Waals surface area contributed by atoms with Crippen molar-refractivity contribution < 1.29 is 9.84 Å². The lowest BCUT2D eigenvalue weighted by atomic mass is 10.1. The Bertz CT molecular complexity index is 744. The largest absolute Gasteiger partial charge is 0.424 e. The second-order valence-corrected chi connectivity index (χ2v) is 5.20. The third-order valence-corrected chi connectivity index (χ3v) is 3.34. The first kappa shape index (κ1) is 13.0. The molecule has 0 radical (unpaired) electrons. The van der Waals surface area contributed by atoms with Crippen LogP contribution >= 0.6 is 15.9 Å². The number of aromatic nitrogens is 2. The fourth-order valence-corrected chi connectivity index (χ4v) is 2.22. The molecule has 4 nitrogen and oxygen atoms in total. The second-order valence-electron chi connectivity index (χ2n) is 4.29. The van der Waals surface area contributed by atoms with Crippen molar-refractivity contribution in [3.63, 3.8) is 0 Å². The quantitative estimate of drug-likeness (QED) is 0.795. The predicted molar refractivity (Wildman–Crippen MR) is 79.7 cm³/mol. The van der Waals surface area contributed by atoms with Crippen molar-refractivity contribution in [2.75, 3.05) is 0 Å². The lowest BCUT2D eigenvalue weighted by molar-refractivity contribution is 0.280. The van der Waals surface area contributed by atoms with Gasteiger partial charge in [0, 0.05) is 22.4 Å². The lowest BCUT2D eigenvalue weighted by Gasteiger charge is -2.05. The highest BCUT2D eigenvalue weighted by Gasteiger charge is 2.02. The average Bonchev–Trinajstić information content (AvgIpc) is 2.48. The Labute approximate surface area is 124 Å². The topological polar surface area (TPSA) is 55.2 Å². The maximum atomic E-state index is 8.93. The van der Waals surface area contributed by atoms with Gasteiger partial charge < -0.3 is 9.84 Å². The Hall–Kier alpha value is -1.98. The molecule has 0 amide bonds. The van der Waals surface area contributed by atoms with Crippen LogP contribution in [0.2, 0.25) is 0 Å². The second kappa shape index (κ2) is 5.56. The van der Waals surface area contributed by atoms with E-state index >= 15 is 0 Å². The number of hydrogen-bond acceptors (Lipinski definition) is 4. The van der Waals surface area contributed by atoms with Gasteiger partial charge in [0.25, 0.3) is 0 Å². The van der Waals surface area contributed by atoms with Crippen LogP contribution in [-0.4, -0.2) is 15.1 Å². The van der Waals surface area contributed by atoms with Gasteiger partial charge in [-0.25, -0.2) is 9.97 Å². The van der Waals surface area contributed by atoms with Crippen LogP contribution in [0.1, 0.15) is 5.56 Å². The number of halogens is 1. The van der Waals surface area contributed by atoms with Crippen LogP contribution in [0.3, 0.4) is 0 Å². The fraction of sp³-hybridized carbons (Fsp3) is 0.0667. The number of hydrogen-bond donors (Lipinski definition) is 1. The number of benzene rings is 2. The van der Waals surface area contributed by atoms with E-state index < -0.39 is 0 Å². The van der Waals surface area contributed by atoms with Gasteiger partial charge in [-0.3, -0.25) is 0 Å². The molecule has 0 unspecified atom stereocenters. The molecule has 0 saturated carbocycles. The maximum Gasteiger partial charge on any atom is 0.321 e. The molecule has 0 aliphatic rings. The number of aliphatic hydroxyl groups is 1. The molecule has 0 aliphatic carbocycles. The van der Waals surface area contributed by atoms with Gasteiger partial charge in [-0.15, -0.1) is 0 Å². The zero-order valence-electron chi connectivity index (χ0n) is 10.5. The minimum absolute atomic E-state index is 0.0782. The standard InChI is InChI=1S/C15H11BrN2O2/c16-13-3-1-12-6-14(4-2-11(12)5-13)20-15-17-7-10(9-19)8-18-15/h1-8,19H,9H2. The van der Waals surface area contributed by atoms with E-state index in [9.17, 15) is 0 Å². The molecule has 3 rings (SSSR count). The molecule has 0 fully saturated rings. The van der Waals surface area contributed by atoms with Crippen LogP contribution in [0.5, 0.6) is 11.8 Å². The molecule has 5 heteroatoms. The summed E-state index contributed by atoms with van der Waals surface area (Å²) >= 11 is 3.45. The monoisotopic (exact) mass is 330 g/mol. The van der Waals surface area contributed by atoms with Gasteiger partial charge >= 0.3 is 6.01 Å². The Morgan fingerprint density at radius 3 is 2.45 bits per heavy atom. The molecule has 2 aromatic carbocycles. The van der Waals surface area contributed by atoms with Gasteiger partial charge in [-0.05, 0) is 35.0 Å². The van der Waals surface area contributed by atoms with E-state index in [1.807, 2.05) is 36.4 Å². The molecule has 1 N–H and O–H groups in total. The molecule has 20 heavy (non-hydrogen) atoms. The Morgan fingerprint density at radius 2 is 1.70 bits per heavy atom. The zero-order valence-corrected chi connectivity index (χ0v) is 12.0. The van der Waals surface area contributed by atoms with Crippen molar-refractivity contribution in [2.24, 2.45) is 0 Å². The van der Waals surface area contributed by atoms with Crippen LogP contribution in [-0.2, 0) is 6.61 Å². The first-order chi connectivity index (χ1) is 9.74. The predicted octanol–water partition coefficient (Wildman–Crippen LogP) is 3.68. The maximum absolute atomic E-state index is 8.93. The van der Waals surface area contributed by atoms with Gasteiger partial charge in [0.05, 0.1) is 6.61 Å². The first-order valence-corrected chi connectivity index (χ1v) is 6.83. The summed E-state index contributed by atoms with van der Waals surface area (Å²) in [5.41, 5.74) is 0.653. The summed E-state index contributed by atoms with van der Waals surface area (Å²) in [6.45, 7) is -0.0782. The van der Waals surface area contributed by atoms with Gasteiger partial charge in [-0.2, -0.15) is 0 Å². The molecule has 1 aromatic heterocycles. The van der Waals surface area contributed by atoms with E-state index in [2.05, 4.69) is 25.9 Å². The summed E-state index contributed by atoms with van der Waals surface area (Å²) in [6, 6.07) is 12.1. The molecular formula is C15H11BrN2O2. The minimum atomic E-state index is -0.0782. The van der Waals surface area contributed by atoms with Crippen LogP contribution in [0, 0.1) is 0 Å². The minimum Gasteiger partial charge on any atom is -0.424 e. The van der Waals surface area contributed by atoms with Gasteiger partial charge in [0.2, 0.25) is 0 Å². The first-order valence-electron chi connectivity index (χ1n) is 6.03. The summed E-state index contributed by atoms with van der Waals surface area (Å²) in [4.78, 5) is 8.08. The number of rotatable bonds is 3. The van der Waals surface area contributed by atoms with E-state index in [4.69, 9.17) is 9.84 Å². The van der Waals surface area contributed by atoms with Crippen LogP contribution in [0.25, 0.3) is 10.8 Å². The zero-order chi connectivity index (χ0) is 13.9. The van der Waals surface area contributed by atoms with E-state index in [0.717, 1.165) is 15.2 Å². The molecule has 0 atom stereocenters. The average molecular weight is 331 g/mol. The number of aliphatic hydroxyl groups excluding tert-OH is 1.